The maximum atomic E-state index is 12.2. The molecule has 1 atom stereocenters. The normalized spacial score (nSPS) is 11.7. The van der Waals surface area contributed by atoms with Crippen molar-refractivity contribution in [3.8, 4) is 0 Å². The molecule has 0 heterocycles. The monoisotopic (exact) mass is 440 g/mol. The van der Waals surface area contributed by atoms with Crippen molar-refractivity contribution in [3.63, 3.8) is 0 Å². The average Bonchev–Trinajstić information content (AvgIpc) is 2.73. The number of nitrogens with zero attached hydrogens (tertiary/aromatic N) is 1. The Morgan fingerprint density at radius 1 is 0.806 bits per heavy atom. The van der Waals surface area contributed by atoms with Crippen LogP contribution in [0.3, 0.4) is 0 Å². The highest BCUT2D eigenvalue weighted by molar-refractivity contribution is 5.84. The predicted molar refractivity (Wildman–Crippen MR) is 129 cm³/mol. The zero-order valence-corrected chi connectivity index (χ0v) is 20.1. The number of nitrogens with one attached hydrogen (secondary N) is 1. The number of carbonyl (C=O) groups excluding carboxylic acids is 2. The highest BCUT2D eigenvalue weighted by atomic mass is 16.5. The molecule has 182 valence electrons. The molecule has 0 saturated carbocycles. The Morgan fingerprint density at radius 3 is 1.81 bits per heavy atom. The summed E-state index contributed by atoms with van der Waals surface area (Å²) in [4.78, 5) is 28.2. The third-order valence-electron chi connectivity index (χ3n) is 5.36. The van der Waals surface area contributed by atoms with E-state index < -0.39 is 12.0 Å². The Balaban J connectivity index is 3.80. The largest absolute Gasteiger partial charge is 0.464 e. The van der Waals surface area contributed by atoms with Crippen LogP contribution in [0.4, 0.5) is 0 Å². The summed E-state index contributed by atoms with van der Waals surface area (Å²) in [5, 5.41) is 2.81. The summed E-state index contributed by atoms with van der Waals surface area (Å²) in [6, 6.07) is -0.636. The molecule has 0 fully saturated rings. The van der Waals surface area contributed by atoms with E-state index >= 15 is 0 Å². The Bertz CT molecular complexity index is 479. The van der Waals surface area contributed by atoms with Crippen LogP contribution in [0.5, 0.6) is 0 Å². The molecule has 7 heteroatoms. The number of hydrogen-bond donors (Lipinski definition) is 3. The van der Waals surface area contributed by atoms with E-state index in [1.807, 2.05) is 0 Å². The average molecular weight is 441 g/mol. The zero-order chi connectivity index (χ0) is 23.2. The molecule has 7 nitrogen and oxygen atoms in total. The lowest BCUT2D eigenvalue weighted by atomic mass is 10.0. The standard InChI is InChI=1S/C24H48N4O3/c1-3-5-6-7-8-9-10-11-12-13-14-15-16-19-22(29)28-21(23(30)31-4-2)18-17-20-27-24(25)26/h21H,3-20H2,1-2H3,(H,28,29)(H4,25,26,27)/t21-/m0/s1. The molecule has 0 bridgehead atoms. The third kappa shape index (κ3) is 19.9. The highest BCUT2D eigenvalue weighted by Gasteiger charge is 2.21. The van der Waals surface area contributed by atoms with Gasteiger partial charge in [-0.15, -0.1) is 0 Å². The van der Waals surface area contributed by atoms with Crippen LogP contribution in [0, 0.1) is 0 Å². The van der Waals surface area contributed by atoms with Gasteiger partial charge in [-0.25, -0.2) is 4.79 Å². The van der Waals surface area contributed by atoms with Crippen molar-refractivity contribution < 1.29 is 14.3 Å². The Labute approximate surface area is 190 Å². The Hall–Kier alpha value is -1.79. The fraction of sp³-hybridized carbons (Fsp3) is 0.875. The fourth-order valence-corrected chi connectivity index (χ4v) is 3.57. The van der Waals surface area contributed by atoms with Gasteiger partial charge in [-0.2, -0.15) is 0 Å². The van der Waals surface area contributed by atoms with Crippen LogP contribution >= 0.6 is 0 Å². The zero-order valence-electron chi connectivity index (χ0n) is 20.1. The minimum absolute atomic E-state index is 0.0270. The van der Waals surface area contributed by atoms with Crippen LogP contribution in [0.15, 0.2) is 4.99 Å². The van der Waals surface area contributed by atoms with Crippen LogP contribution in [0.2, 0.25) is 0 Å². The minimum Gasteiger partial charge on any atom is -0.464 e. The van der Waals surface area contributed by atoms with Gasteiger partial charge < -0.3 is 21.5 Å². The van der Waals surface area contributed by atoms with Gasteiger partial charge in [0.25, 0.3) is 0 Å². The summed E-state index contributed by atoms with van der Waals surface area (Å²) >= 11 is 0. The van der Waals surface area contributed by atoms with E-state index in [4.69, 9.17) is 16.2 Å². The molecular formula is C24H48N4O3. The fourth-order valence-electron chi connectivity index (χ4n) is 3.57. The molecule has 1 amide bonds. The first-order chi connectivity index (χ1) is 15.0. The molecule has 0 aromatic rings. The molecular weight excluding hydrogens is 392 g/mol. The number of carbonyl (C=O) groups is 2. The molecule has 0 spiro atoms. The van der Waals surface area contributed by atoms with Crippen LogP contribution in [-0.2, 0) is 14.3 Å². The van der Waals surface area contributed by atoms with Crippen molar-refractivity contribution in [3.05, 3.63) is 0 Å². The number of esters is 1. The van der Waals surface area contributed by atoms with Gasteiger partial charge in [0.05, 0.1) is 6.61 Å². The smallest absolute Gasteiger partial charge is 0.328 e. The number of guanidine groups is 1. The minimum atomic E-state index is -0.636. The molecule has 0 aliphatic rings. The van der Waals surface area contributed by atoms with Crippen molar-refractivity contribution in [2.45, 2.75) is 123 Å². The topological polar surface area (TPSA) is 120 Å². The van der Waals surface area contributed by atoms with E-state index in [0.29, 0.717) is 25.8 Å². The van der Waals surface area contributed by atoms with Crippen molar-refractivity contribution in [1.29, 1.82) is 0 Å². The van der Waals surface area contributed by atoms with Gasteiger partial charge in [0.2, 0.25) is 5.91 Å². The van der Waals surface area contributed by atoms with E-state index in [1.165, 1.54) is 70.6 Å². The molecule has 0 aliphatic carbocycles. The van der Waals surface area contributed by atoms with Crippen LogP contribution < -0.4 is 16.8 Å². The molecule has 0 rings (SSSR count). The lowest BCUT2D eigenvalue weighted by Gasteiger charge is -2.17. The number of hydrogen-bond acceptors (Lipinski definition) is 4. The van der Waals surface area contributed by atoms with Crippen molar-refractivity contribution in [2.24, 2.45) is 16.5 Å². The predicted octanol–water partition coefficient (Wildman–Crippen LogP) is 4.57. The number of nitrogens with two attached hydrogens (primary N) is 2. The second-order valence-corrected chi connectivity index (χ2v) is 8.31. The van der Waals surface area contributed by atoms with Crippen molar-refractivity contribution in [1.82, 2.24) is 5.32 Å². The molecule has 0 radical (unpaired) electrons. The molecule has 0 aromatic carbocycles. The molecule has 0 unspecified atom stereocenters. The molecule has 0 aliphatic heterocycles. The maximum absolute atomic E-state index is 12.2. The van der Waals surface area contributed by atoms with E-state index in [2.05, 4.69) is 17.2 Å². The van der Waals surface area contributed by atoms with Gasteiger partial charge in [0.15, 0.2) is 5.96 Å². The first-order valence-electron chi connectivity index (χ1n) is 12.5. The number of ether oxygens (including phenoxy) is 1. The van der Waals surface area contributed by atoms with E-state index in [9.17, 15) is 9.59 Å². The second-order valence-electron chi connectivity index (χ2n) is 8.31. The Morgan fingerprint density at radius 2 is 1.32 bits per heavy atom. The molecule has 31 heavy (non-hydrogen) atoms. The van der Waals surface area contributed by atoms with Crippen molar-refractivity contribution in [2.75, 3.05) is 13.2 Å². The van der Waals surface area contributed by atoms with Crippen molar-refractivity contribution >= 4 is 17.8 Å². The summed E-state index contributed by atoms with van der Waals surface area (Å²) < 4.78 is 5.07. The van der Waals surface area contributed by atoms with Crippen LogP contribution in [0.25, 0.3) is 0 Å². The number of rotatable bonds is 21. The van der Waals surface area contributed by atoms with E-state index in [0.717, 1.165) is 12.8 Å². The first kappa shape index (κ1) is 29.2. The third-order valence-corrected chi connectivity index (χ3v) is 5.36. The second kappa shape index (κ2) is 21.4. The number of amides is 1. The number of aliphatic imine (C=N–C) groups is 1. The van der Waals surface area contributed by atoms with E-state index in [-0.39, 0.29) is 18.5 Å². The van der Waals surface area contributed by atoms with Crippen LogP contribution in [-0.4, -0.2) is 37.0 Å². The lowest BCUT2D eigenvalue weighted by Crippen LogP contribution is -2.42. The van der Waals surface area contributed by atoms with Gasteiger partial charge in [-0.1, -0.05) is 84.0 Å². The van der Waals surface area contributed by atoms with Crippen LogP contribution in [0.1, 0.15) is 117 Å². The maximum Gasteiger partial charge on any atom is 0.328 e. The summed E-state index contributed by atoms with van der Waals surface area (Å²) in [5.74, 6) is -0.465. The SMILES string of the molecule is CCCCCCCCCCCCCCCC(=O)N[C@@H](CCCN=C(N)N)C(=O)OCC. The number of unbranched alkanes of at least 4 members (excludes halogenated alkanes) is 12. The summed E-state index contributed by atoms with van der Waals surface area (Å²) in [7, 11) is 0. The quantitative estimate of drug-likeness (QED) is 0.104. The molecule has 5 N–H and O–H groups in total. The van der Waals surface area contributed by atoms with Gasteiger partial charge in [0, 0.05) is 13.0 Å². The van der Waals surface area contributed by atoms with Gasteiger partial charge in [0.1, 0.15) is 6.04 Å². The van der Waals surface area contributed by atoms with E-state index in [1.54, 1.807) is 6.92 Å². The summed E-state index contributed by atoms with van der Waals surface area (Å²) in [6.45, 7) is 4.72. The highest BCUT2D eigenvalue weighted by Crippen LogP contribution is 2.13. The summed E-state index contributed by atoms with van der Waals surface area (Å²) in [5.41, 5.74) is 10.6. The lowest BCUT2D eigenvalue weighted by molar-refractivity contribution is -0.147. The van der Waals surface area contributed by atoms with Gasteiger partial charge in [-0.05, 0) is 26.2 Å². The summed E-state index contributed by atoms with van der Waals surface area (Å²) in [6.07, 6.45) is 18.0. The molecule has 0 aromatic heterocycles. The van der Waals surface area contributed by atoms with Gasteiger partial charge in [-0.3, -0.25) is 9.79 Å². The molecule has 0 saturated heterocycles. The Kier molecular flexibility index (Phi) is 20.2. The first-order valence-corrected chi connectivity index (χ1v) is 12.5. The van der Waals surface area contributed by atoms with Gasteiger partial charge >= 0.3 is 5.97 Å².